The molecule has 0 aliphatic heterocycles. The van der Waals surface area contributed by atoms with Crippen LogP contribution in [0.5, 0.6) is 11.5 Å². The van der Waals surface area contributed by atoms with E-state index in [0.717, 1.165) is 22.6 Å². The zero-order valence-corrected chi connectivity index (χ0v) is 18.5. The number of nitrogens with one attached hydrogen (secondary N) is 1. The van der Waals surface area contributed by atoms with E-state index >= 15 is 0 Å². The number of aromatic nitrogens is 1. The lowest BCUT2D eigenvalue weighted by Gasteiger charge is -2.12. The molecule has 0 radical (unpaired) electrons. The number of rotatable bonds is 6. The number of benzene rings is 2. The second-order valence-electron chi connectivity index (χ2n) is 6.52. The normalized spacial score (nSPS) is 11.0. The average Bonchev–Trinajstić information content (AvgIpc) is 3.02. The Morgan fingerprint density at radius 1 is 1.07 bits per heavy atom. The number of carbonyl (C=O) groups excluding carboxylic acids is 1. The average molecular weight is 446 g/mol. The van der Waals surface area contributed by atoms with Crippen LogP contribution in [0.3, 0.4) is 0 Å². The molecule has 2 aromatic carbocycles. The zero-order valence-electron chi connectivity index (χ0n) is 17.0. The summed E-state index contributed by atoms with van der Waals surface area (Å²) in [5.41, 5.74) is 6.38. The molecule has 3 aromatic rings. The standard InChI is InChI=1S/C22H21Cl2N3O3/c1-13-9-15(14(2)27(13)20-10-16(23)5-8-19(20)24)12-25-26-22(28)18-7-6-17(29-3)11-21(18)30-4/h5-12H,1-4H3,(H,26,28). The topological polar surface area (TPSA) is 64.8 Å². The zero-order chi connectivity index (χ0) is 21.8. The molecule has 30 heavy (non-hydrogen) atoms. The lowest BCUT2D eigenvalue weighted by atomic mass is 10.2. The van der Waals surface area contributed by atoms with Gasteiger partial charge in [0.1, 0.15) is 11.5 Å². The highest BCUT2D eigenvalue weighted by Crippen LogP contribution is 2.28. The van der Waals surface area contributed by atoms with Crippen molar-refractivity contribution >= 4 is 35.3 Å². The Balaban J connectivity index is 1.83. The monoisotopic (exact) mass is 445 g/mol. The van der Waals surface area contributed by atoms with Gasteiger partial charge in [-0.3, -0.25) is 4.79 Å². The van der Waals surface area contributed by atoms with Crippen molar-refractivity contribution in [2.45, 2.75) is 13.8 Å². The van der Waals surface area contributed by atoms with Crippen molar-refractivity contribution in [2.75, 3.05) is 14.2 Å². The Hall–Kier alpha value is -2.96. The fourth-order valence-corrected chi connectivity index (χ4v) is 3.52. The SMILES string of the molecule is COc1ccc(C(=O)NN=Cc2cc(C)n(-c3cc(Cl)ccc3Cl)c2C)c(OC)c1. The minimum atomic E-state index is -0.391. The quantitative estimate of drug-likeness (QED) is 0.419. The van der Waals surface area contributed by atoms with Gasteiger partial charge in [-0.05, 0) is 50.2 Å². The molecule has 0 bridgehead atoms. The Labute approximate surface area is 185 Å². The van der Waals surface area contributed by atoms with Crippen LogP contribution >= 0.6 is 23.2 Å². The molecule has 3 rings (SSSR count). The molecule has 0 aliphatic carbocycles. The van der Waals surface area contributed by atoms with Gasteiger partial charge in [0.25, 0.3) is 5.91 Å². The van der Waals surface area contributed by atoms with Gasteiger partial charge >= 0.3 is 0 Å². The Kier molecular flexibility index (Phi) is 6.70. The molecule has 0 fully saturated rings. The molecule has 0 spiro atoms. The van der Waals surface area contributed by atoms with Gasteiger partial charge in [0.05, 0.1) is 36.7 Å². The summed E-state index contributed by atoms with van der Waals surface area (Å²) in [4.78, 5) is 12.5. The number of hydrogen-bond donors (Lipinski definition) is 1. The number of aryl methyl sites for hydroxylation is 1. The highest BCUT2D eigenvalue weighted by molar-refractivity contribution is 6.34. The van der Waals surface area contributed by atoms with Crippen LogP contribution in [0.25, 0.3) is 5.69 Å². The maximum absolute atomic E-state index is 12.5. The molecule has 0 atom stereocenters. The Morgan fingerprint density at radius 2 is 1.83 bits per heavy atom. The molecule has 6 nitrogen and oxygen atoms in total. The molecule has 0 unspecified atom stereocenters. The summed E-state index contributed by atoms with van der Waals surface area (Å²) in [6, 6.07) is 12.2. The van der Waals surface area contributed by atoms with Crippen LogP contribution in [0.2, 0.25) is 10.0 Å². The summed E-state index contributed by atoms with van der Waals surface area (Å²) in [7, 11) is 3.04. The largest absolute Gasteiger partial charge is 0.497 e. The van der Waals surface area contributed by atoms with Crippen molar-refractivity contribution in [2.24, 2.45) is 5.10 Å². The van der Waals surface area contributed by atoms with Crippen molar-refractivity contribution in [3.8, 4) is 17.2 Å². The van der Waals surface area contributed by atoms with E-state index in [2.05, 4.69) is 10.5 Å². The summed E-state index contributed by atoms with van der Waals surface area (Å²) in [6.07, 6.45) is 1.59. The van der Waals surface area contributed by atoms with Crippen molar-refractivity contribution in [3.05, 3.63) is 75.0 Å². The van der Waals surface area contributed by atoms with Crippen LogP contribution in [0.15, 0.2) is 47.6 Å². The molecule has 0 saturated carbocycles. The number of amides is 1. The number of ether oxygens (including phenoxy) is 2. The maximum Gasteiger partial charge on any atom is 0.275 e. The number of nitrogens with zero attached hydrogens (tertiary/aromatic N) is 2. The van der Waals surface area contributed by atoms with Gasteiger partial charge in [0.2, 0.25) is 0 Å². The summed E-state index contributed by atoms with van der Waals surface area (Å²) in [5, 5.41) is 5.28. The Bertz CT molecular complexity index is 1120. The van der Waals surface area contributed by atoms with Crippen LogP contribution in [0.4, 0.5) is 0 Å². The van der Waals surface area contributed by atoms with Crippen molar-refractivity contribution in [3.63, 3.8) is 0 Å². The fraction of sp³-hybridized carbons (Fsp3) is 0.182. The van der Waals surface area contributed by atoms with Crippen LogP contribution in [-0.4, -0.2) is 30.9 Å². The molecule has 156 valence electrons. The summed E-state index contributed by atoms with van der Waals surface area (Å²) >= 11 is 12.5. The van der Waals surface area contributed by atoms with E-state index in [1.165, 1.54) is 7.11 Å². The van der Waals surface area contributed by atoms with Crippen molar-refractivity contribution in [1.82, 2.24) is 9.99 Å². The first-order valence-corrected chi connectivity index (χ1v) is 9.81. The van der Waals surface area contributed by atoms with E-state index in [0.29, 0.717) is 27.1 Å². The minimum Gasteiger partial charge on any atom is -0.497 e. The van der Waals surface area contributed by atoms with E-state index in [1.807, 2.05) is 30.5 Å². The molecular weight excluding hydrogens is 425 g/mol. The third-order valence-corrected chi connectivity index (χ3v) is 5.20. The Morgan fingerprint density at radius 3 is 2.53 bits per heavy atom. The number of hydrogen-bond acceptors (Lipinski definition) is 4. The fourth-order valence-electron chi connectivity index (χ4n) is 3.15. The molecule has 1 aromatic heterocycles. The van der Waals surface area contributed by atoms with Gasteiger partial charge in [-0.25, -0.2) is 5.43 Å². The highest BCUT2D eigenvalue weighted by Gasteiger charge is 2.14. The third kappa shape index (κ3) is 4.45. The van der Waals surface area contributed by atoms with Gasteiger partial charge in [0, 0.05) is 28.0 Å². The predicted molar refractivity (Wildman–Crippen MR) is 120 cm³/mol. The van der Waals surface area contributed by atoms with Gasteiger partial charge < -0.3 is 14.0 Å². The van der Waals surface area contributed by atoms with E-state index in [-0.39, 0.29) is 0 Å². The van der Waals surface area contributed by atoms with Gasteiger partial charge in [-0.1, -0.05) is 23.2 Å². The number of hydrazone groups is 1. The molecule has 1 N–H and O–H groups in total. The van der Waals surface area contributed by atoms with E-state index in [9.17, 15) is 4.79 Å². The lowest BCUT2D eigenvalue weighted by Crippen LogP contribution is -2.18. The number of halogens is 2. The molecule has 0 saturated heterocycles. The van der Waals surface area contributed by atoms with Crippen molar-refractivity contribution < 1.29 is 14.3 Å². The van der Waals surface area contributed by atoms with Crippen LogP contribution in [-0.2, 0) is 0 Å². The second-order valence-corrected chi connectivity index (χ2v) is 7.37. The first-order valence-electron chi connectivity index (χ1n) is 9.05. The van der Waals surface area contributed by atoms with E-state index in [1.54, 1.807) is 43.7 Å². The number of carbonyl (C=O) groups is 1. The van der Waals surface area contributed by atoms with E-state index in [4.69, 9.17) is 32.7 Å². The van der Waals surface area contributed by atoms with Crippen LogP contribution in [0.1, 0.15) is 27.3 Å². The molecule has 1 heterocycles. The molecule has 0 aliphatic rings. The smallest absolute Gasteiger partial charge is 0.275 e. The third-order valence-electron chi connectivity index (χ3n) is 4.64. The molecule has 8 heteroatoms. The lowest BCUT2D eigenvalue weighted by molar-refractivity contribution is 0.0952. The van der Waals surface area contributed by atoms with Gasteiger partial charge in [-0.15, -0.1) is 0 Å². The summed E-state index contributed by atoms with van der Waals surface area (Å²) in [5.74, 6) is 0.604. The summed E-state index contributed by atoms with van der Waals surface area (Å²) < 4.78 is 12.4. The van der Waals surface area contributed by atoms with Crippen molar-refractivity contribution in [1.29, 1.82) is 0 Å². The maximum atomic E-state index is 12.5. The number of methoxy groups -OCH3 is 2. The van der Waals surface area contributed by atoms with Crippen LogP contribution in [0, 0.1) is 13.8 Å². The molecule has 1 amide bonds. The van der Waals surface area contributed by atoms with Crippen LogP contribution < -0.4 is 14.9 Å². The van der Waals surface area contributed by atoms with Gasteiger partial charge in [0.15, 0.2) is 0 Å². The first kappa shape index (κ1) is 21.7. The van der Waals surface area contributed by atoms with E-state index < -0.39 is 5.91 Å². The second kappa shape index (κ2) is 9.24. The molecular formula is C22H21Cl2N3O3. The predicted octanol–water partition coefficient (Wildman–Crippen LogP) is 5.18. The highest BCUT2D eigenvalue weighted by atomic mass is 35.5. The van der Waals surface area contributed by atoms with Gasteiger partial charge in [-0.2, -0.15) is 5.10 Å². The summed E-state index contributed by atoms with van der Waals surface area (Å²) in [6.45, 7) is 3.91. The minimum absolute atomic E-state index is 0.353. The first-order chi connectivity index (χ1) is 14.3.